The summed E-state index contributed by atoms with van der Waals surface area (Å²) in [5.74, 6) is 0.233. The molecule has 19 heavy (non-hydrogen) atoms. The summed E-state index contributed by atoms with van der Waals surface area (Å²) in [5.41, 5.74) is 6.17. The van der Waals surface area contributed by atoms with E-state index in [1.165, 1.54) is 6.33 Å². The highest BCUT2D eigenvalue weighted by Crippen LogP contribution is 2.11. The summed E-state index contributed by atoms with van der Waals surface area (Å²) in [4.78, 5) is 15.7. The highest BCUT2D eigenvalue weighted by atomic mass is 16.5. The summed E-state index contributed by atoms with van der Waals surface area (Å²) in [7, 11) is 0. The van der Waals surface area contributed by atoms with Gasteiger partial charge in [-0.1, -0.05) is 0 Å². The fraction of sp³-hybridized carbons (Fsp3) is 0.455. The smallest absolute Gasteiger partial charge is 0.361 e. The molecular formula is C11H16N6O2. The number of rotatable bonds is 5. The van der Waals surface area contributed by atoms with E-state index in [1.54, 1.807) is 22.5 Å². The summed E-state index contributed by atoms with van der Waals surface area (Å²) in [6.45, 7) is 5.11. The van der Waals surface area contributed by atoms with Crippen molar-refractivity contribution >= 4 is 11.7 Å². The Balaban J connectivity index is 2.18. The third-order valence-corrected chi connectivity index (χ3v) is 2.56. The summed E-state index contributed by atoms with van der Waals surface area (Å²) in [6, 6.07) is 0. The van der Waals surface area contributed by atoms with Gasteiger partial charge in [0.2, 0.25) is 0 Å². The van der Waals surface area contributed by atoms with Crippen LogP contribution in [0.15, 0.2) is 12.5 Å². The van der Waals surface area contributed by atoms with Gasteiger partial charge in [-0.3, -0.25) is 4.68 Å². The second kappa shape index (κ2) is 5.51. The Bertz CT molecular complexity index is 574. The molecule has 2 rings (SSSR count). The summed E-state index contributed by atoms with van der Waals surface area (Å²) >= 11 is 0. The van der Waals surface area contributed by atoms with E-state index in [0.29, 0.717) is 12.2 Å². The molecule has 102 valence electrons. The Morgan fingerprint density at radius 2 is 2.26 bits per heavy atom. The average molecular weight is 264 g/mol. The molecule has 8 heteroatoms. The van der Waals surface area contributed by atoms with E-state index in [4.69, 9.17) is 10.5 Å². The largest absolute Gasteiger partial charge is 0.461 e. The van der Waals surface area contributed by atoms with Crippen molar-refractivity contribution in [2.45, 2.75) is 26.9 Å². The van der Waals surface area contributed by atoms with E-state index in [2.05, 4.69) is 15.2 Å². The van der Waals surface area contributed by atoms with Crippen molar-refractivity contribution in [1.82, 2.24) is 24.5 Å². The van der Waals surface area contributed by atoms with Crippen LogP contribution in [-0.2, 0) is 17.8 Å². The van der Waals surface area contributed by atoms with Crippen molar-refractivity contribution in [3.8, 4) is 0 Å². The first-order valence-corrected chi connectivity index (χ1v) is 6.02. The Kier molecular flexibility index (Phi) is 3.79. The van der Waals surface area contributed by atoms with Gasteiger partial charge in [-0.2, -0.15) is 10.2 Å². The van der Waals surface area contributed by atoms with Gasteiger partial charge in [-0.05, 0) is 13.8 Å². The number of aryl methyl sites for hydroxylation is 1. The van der Waals surface area contributed by atoms with Crippen LogP contribution in [0.2, 0.25) is 0 Å². The molecule has 0 aromatic carbocycles. The van der Waals surface area contributed by atoms with Crippen molar-refractivity contribution < 1.29 is 9.53 Å². The summed E-state index contributed by atoms with van der Waals surface area (Å²) in [6.07, 6.45) is 3.07. The van der Waals surface area contributed by atoms with E-state index in [-0.39, 0.29) is 12.3 Å². The van der Waals surface area contributed by atoms with Crippen molar-refractivity contribution in [2.24, 2.45) is 0 Å². The number of carbonyl (C=O) groups excluding carboxylic acids is 1. The topological polar surface area (TPSA) is 101 Å². The number of nitrogens with zero attached hydrogens (tertiary/aromatic N) is 5. The Morgan fingerprint density at radius 1 is 1.47 bits per heavy atom. The lowest BCUT2D eigenvalue weighted by molar-refractivity contribution is 0.0519. The zero-order valence-corrected chi connectivity index (χ0v) is 10.9. The van der Waals surface area contributed by atoms with Gasteiger partial charge < -0.3 is 10.5 Å². The molecule has 0 atom stereocenters. The number of nitrogens with two attached hydrogens (primary N) is 1. The van der Waals surface area contributed by atoms with Gasteiger partial charge in [0, 0.05) is 12.7 Å². The number of hydrogen-bond donors (Lipinski definition) is 1. The third kappa shape index (κ3) is 2.72. The van der Waals surface area contributed by atoms with Crippen LogP contribution in [0.3, 0.4) is 0 Å². The molecule has 8 nitrogen and oxygen atoms in total. The third-order valence-electron chi connectivity index (χ3n) is 2.56. The number of esters is 1. The van der Waals surface area contributed by atoms with Crippen molar-refractivity contribution in [3.63, 3.8) is 0 Å². The Hall–Kier alpha value is -2.38. The number of aromatic nitrogens is 5. The molecular weight excluding hydrogens is 248 g/mol. The predicted molar refractivity (Wildman–Crippen MR) is 67.4 cm³/mol. The minimum atomic E-state index is -0.518. The van der Waals surface area contributed by atoms with Crippen molar-refractivity contribution in [1.29, 1.82) is 0 Å². The monoisotopic (exact) mass is 264 g/mol. The molecule has 2 aromatic heterocycles. The molecule has 0 amide bonds. The molecule has 0 aliphatic rings. The SMILES string of the molecule is CCOC(=O)c1nn(Cc2ncnn2CC)cc1N. The Morgan fingerprint density at radius 3 is 2.95 bits per heavy atom. The molecule has 2 aromatic rings. The first kappa shape index (κ1) is 13.1. The molecule has 0 radical (unpaired) electrons. The zero-order valence-electron chi connectivity index (χ0n) is 10.9. The van der Waals surface area contributed by atoms with Gasteiger partial charge in [0.05, 0.1) is 12.3 Å². The lowest BCUT2D eigenvalue weighted by Crippen LogP contribution is -2.11. The molecule has 0 unspecified atom stereocenters. The maximum absolute atomic E-state index is 11.6. The molecule has 0 fully saturated rings. The van der Waals surface area contributed by atoms with E-state index >= 15 is 0 Å². The lowest BCUT2D eigenvalue weighted by atomic mass is 10.4. The first-order valence-electron chi connectivity index (χ1n) is 6.02. The van der Waals surface area contributed by atoms with Crippen LogP contribution in [0.5, 0.6) is 0 Å². The first-order chi connectivity index (χ1) is 9.15. The highest BCUT2D eigenvalue weighted by molar-refractivity contribution is 5.92. The predicted octanol–water partition coefficient (Wildman–Crippen LogP) is 0.302. The van der Waals surface area contributed by atoms with Gasteiger partial charge in [0.15, 0.2) is 5.69 Å². The van der Waals surface area contributed by atoms with E-state index < -0.39 is 5.97 Å². The minimum Gasteiger partial charge on any atom is -0.461 e. The fourth-order valence-corrected chi connectivity index (χ4v) is 1.70. The van der Waals surface area contributed by atoms with Gasteiger partial charge in [0.25, 0.3) is 0 Å². The zero-order chi connectivity index (χ0) is 13.8. The average Bonchev–Trinajstić information content (AvgIpc) is 2.96. The van der Waals surface area contributed by atoms with Crippen LogP contribution in [0.25, 0.3) is 0 Å². The maximum Gasteiger partial charge on any atom is 0.361 e. The van der Waals surface area contributed by atoms with E-state index in [1.807, 2.05) is 6.92 Å². The molecule has 0 aliphatic carbocycles. The standard InChI is InChI=1S/C11H16N6O2/c1-3-17-9(13-7-14-17)6-16-5-8(12)10(15-16)11(18)19-4-2/h5,7H,3-4,6,12H2,1-2H3. The second-order valence-electron chi connectivity index (χ2n) is 3.84. The summed E-state index contributed by atoms with van der Waals surface area (Å²) < 4.78 is 8.18. The quantitative estimate of drug-likeness (QED) is 0.779. The van der Waals surface area contributed by atoms with E-state index in [9.17, 15) is 4.79 Å². The second-order valence-corrected chi connectivity index (χ2v) is 3.84. The normalized spacial score (nSPS) is 10.6. The molecule has 2 N–H and O–H groups in total. The Labute approximate surface area is 110 Å². The van der Waals surface area contributed by atoms with Crippen LogP contribution in [-0.4, -0.2) is 37.1 Å². The molecule has 0 spiro atoms. The van der Waals surface area contributed by atoms with Crippen LogP contribution >= 0.6 is 0 Å². The maximum atomic E-state index is 11.6. The van der Waals surface area contributed by atoms with Crippen molar-refractivity contribution in [3.05, 3.63) is 24.0 Å². The summed E-state index contributed by atoms with van der Waals surface area (Å²) in [5, 5.41) is 8.18. The molecule has 0 saturated heterocycles. The molecule has 0 bridgehead atoms. The number of nitrogen functional groups attached to an aromatic ring is 1. The number of carbonyl (C=O) groups is 1. The minimum absolute atomic E-state index is 0.129. The van der Waals surface area contributed by atoms with Crippen LogP contribution in [0.1, 0.15) is 30.2 Å². The van der Waals surface area contributed by atoms with Gasteiger partial charge >= 0.3 is 5.97 Å². The number of ether oxygens (including phenoxy) is 1. The van der Waals surface area contributed by atoms with Crippen LogP contribution in [0.4, 0.5) is 5.69 Å². The van der Waals surface area contributed by atoms with Crippen molar-refractivity contribution in [2.75, 3.05) is 12.3 Å². The van der Waals surface area contributed by atoms with Gasteiger partial charge in [-0.25, -0.2) is 14.5 Å². The van der Waals surface area contributed by atoms with Crippen LogP contribution < -0.4 is 5.73 Å². The fourth-order valence-electron chi connectivity index (χ4n) is 1.70. The number of hydrogen-bond acceptors (Lipinski definition) is 6. The molecule has 0 aliphatic heterocycles. The number of anilines is 1. The van der Waals surface area contributed by atoms with Gasteiger partial charge in [0.1, 0.15) is 18.7 Å². The van der Waals surface area contributed by atoms with Crippen LogP contribution in [0, 0.1) is 0 Å². The lowest BCUT2D eigenvalue weighted by Gasteiger charge is -2.02. The van der Waals surface area contributed by atoms with Gasteiger partial charge in [-0.15, -0.1) is 0 Å². The van der Waals surface area contributed by atoms with E-state index in [0.717, 1.165) is 12.4 Å². The molecule has 0 saturated carbocycles. The molecule has 2 heterocycles. The highest BCUT2D eigenvalue weighted by Gasteiger charge is 2.16.